The Labute approximate surface area is 149 Å². The first-order chi connectivity index (χ1) is 9.84. The second kappa shape index (κ2) is 7.26. The van der Waals surface area contributed by atoms with Gasteiger partial charge in [-0.1, -0.05) is 30.3 Å². The number of methoxy groups -OCH3 is 1. The molecule has 0 atom stereocenters. The van der Waals surface area contributed by atoms with Crippen molar-refractivity contribution < 1.29 is 27.6 Å². The molecule has 0 saturated carbocycles. The van der Waals surface area contributed by atoms with Gasteiger partial charge in [0.1, 0.15) is 16.4 Å². The number of benzene rings is 2. The topological polar surface area (TPSA) is 101 Å². The number of aromatic hydroxyl groups is 1. The molecule has 112 valence electrons. The summed E-state index contributed by atoms with van der Waals surface area (Å²) in [5.74, 6) is -1.26. The van der Waals surface area contributed by atoms with Crippen LogP contribution < -0.4 is 4.74 Å². The SMILES string of the molecule is COc1cc(O)c(C(=O)c2ccccc2)cc1S(=O)(=O)O.[NaH]. The van der Waals surface area contributed by atoms with Crippen molar-refractivity contribution in [1.82, 2.24) is 0 Å². The van der Waals surface area contributed by atoms with E-state index in [1.54, 1.807) is 18.2 Å². The molecule has 6 nitrogen and oxygen atoms in total. The van der Waals surface area contributed by atoms with E-state index in [9.17, 15) is 18.3 Å². The van der Waals surface area contributed by atoms with Gasteiger partial charge in [0, 0.05) is 11.6 Å². The van der Waals surface area contributed by atoms with E-state index in [2.05, 4.69) is 0 Å². The third-order valence-electron chi connectivity index (χ3n) is 2.84. The minimum atomic E-state index is -4.59. The molecule has 0 radical (unpaired) electrons. The molecule has 0 spiro atoms. The Morgan fingerprint density at radius 2 is 1.73 bits per heavy atom. The molecule has 0 aliphatic carbocycles. The molecule has 0 amide bonds. The van der Waals surface area contributed by atoms with E-state index in [1.165, 1.54) is 19.2 Å². The fourth-order valence-electron chi connectivity index (χ4n) is 1.84. The van der Waals surface area contributed by atoms with Gasteiger partial charge >= 0.3 is 29.6 Å². The molecule has 2 N–H and O–H groups in total. The van der Waals surface area contributed by atoms with Crippen LogP contribution in [0.5, 0.6) is 11.5 Å². The normalized spacial score (nSPS) is 10.6. The molecule has 0 aliphatic rings. The average molecular weight is 332 g/mol. The van der Waals surface area contributed by atoms with E-state index in [0.717, 1.165) is 12.1 Å². The summed E-state index contributed by atoms with van der Waals surface area (Å²) in [7, 11) is -3.41. The fraction of sp³-hybridized carbons (Fsp3) is 0.0714. The van der Waals surface area contributed by atoms with Crippen LogP contribution in [0.4, 0.5) is 0 Å². The third-order valence-corrected chi connectivity index (χ3v) is 3.72. The van der Waals surface area contributed by atoms with Crippen LogP contribution in [-0.2, 0) is 10.1 Å². The summed E-state index contributed by atoms with van der Waals surface area (Å²) >= 11 is 0. The molecule has 2 aromatic carbocycles. The summed E-state index contributed by atoms with van der Waals surface area (Å²) in [5, 5.41) is 9.87. The molecule has 8 heteroatoms. The Morgan fingerprint density at radius 1 is 1.14 bits per heavy atom. The van der Waals surface area contributed by atoms with Crippen LogP contribution in [0.1, 0.15) is 15.9 Å². The predicted molar refractivity (Wildman–Crippen MR) is 81.5 cm³/mol. The quantitative estimate of drug-likeness (QED) is 0.496. The van der Waals surface area contributed by atoms with Gasteiger partial charge in [-0.05, 0) is 6.07 Å². The number of rotatable bonds is 4. The van der Waals surface area contributed by atoms with Crippen molar-refractivity contribution in [3.8, 4) is 11.5 Å². The average Bonchev–Trinajstić information content (AvgIpc) is 2.45. The van der Waals surface area contributed by atoms with E-state index >= 15 is 0 Å². The van der Waals surface area contributed by atoms with Gasteiger partial charge in [0.05, 0.1) is 12.7 Å². The Morgan fingerprint density at radius 3 is 2.23 bits per heavy atom. The monoisotopic (exact) mass is 332 g/mol. The molecule has 2 rings (SSSR count). The van der Waals surface area contributed by atoms with Crippen molar-refractivity contribution in [3.05, 3.63) is 53.6 Å². The zero-order valence-electron chi connectivity index (χ0n) is 11.0. The number of hydrogen-bond donors (Lipinski definition) is 2. The molecule has 0 fully saturated rings. The van der Waals surface area contributed by atoms with Gasteiger partial charge in [-0.25, -0.2) is 0 Å². The van der Waals surface area contributed by atoms with E-state index in [1.807, 2.05) is 0 Å². The second-order valence-corrected chi connectivity index (χ2v) is 5.58. The van der Waals surface area contributed by atoms with E-state index in [0.29, 0.717) is 0 Å². The fourth-order valence-corrected chi connectivity index (χ4v) is 2.50. The summed E-state index contributed by atoms with van der Waals surface area (Å²) in [5.41, 5.74) is 0.0360. The maximum absolute atomic E-state index is 12.3. The molecule has 2 aromatic rings. The zero-order valence-corrected chi connectivity index (χ0v) is 11.8. The number of ketones is 1. The van der Waals surface area contributed by atoms with E-state index in [4.69, 9.17) is 9.29 Å². The van der Waals surface area contributed by atoms with Crippen LogP contribution in [0.2, 0.25) is 0 Å². The predicted octanol–water partition coefficient (Wildman–Crippen LogP) is 1.23. The van der Waals surface area contributed by atoms with Gasteiger partial charge in [0.25, 0.3) is 10.1 Å². The molecule has 22 heavy (non-hydrogen) atoms. The van der Waals surface area contributed by atoms with Crippen LogP contribution >= 0.6 is 0 Å². The Hall–Kier alpha value is -1.38. The molecule has 0 unspecified atom stereocenters. The van der Waals surface area contributed by atoms with Crippen molar-refractivity contribution in [2.45, 2.75) is 4.90 Å². The van der Waals surface area contributed by atoms with Crippen LogP contribution in [0, 0.1) is 0 Å². The Balaban J connectivity index is 0.00000242. The van der Waals surface area contributed by atoms with Crippen molar-refractivity contribution in [3.63, 3.8) is 0 Å². The number of hydrogen-bond acceptors (Lipinski definition) is 5. The van der Waals surface area contributed by atoms with Crippen molar-refractivity contribution in [2.24, 2.45) is 0 Å². The summed E-state index contributed by atoms with van der Waals surface area (Å²) in [6.45, 7) is 0. The molecule has 0 bridgehead atoms. The van der Waals surface area contributed by atoms with Crippen molar-refractivity contribution >= 4 is 45.5 Å². The molecular weight excluding hydrogens is 319 g/mol. The first kappa shape index (κ1) is 18.7. The maximum atomic E-state index is 12.3. The molecule has 0 saturated heterocycles. The number of ether oxygens (including phenoxy) is 1. The van der Waals surface area contributed by atoms with E-state index < -0.39 is 26.5 Å². The van der Waals surface area contributed by atoms with Gasteiger partial charge in [-0.2, -0.15) is 8.42 Å². The number of phenols is 1. The summed E-state index contributed by atoms with van der Waals surface area (Å²) < 4.78 is 36.6. The Kier molecular flexibility index (Phi) is 6.16. The first-order valence-corrected chi connectivity index (χ1v) is 7.27. The zero-order chi connectivity index (χ0) is 15.6. The van der Waals surface area contributed by atoms with Gasteiger partial charge in [0.15, 0.2) is 5.78 Å². The third kappa shape index (κ3) is 3.88. The Bertz CT molecular complexity index is 786. The van der Waals surface area contributed by atoms with Crippen LogP contribution in [-0.4, -0.2) is 60.5 Å². The van der Waals surface area contributed by atoms with Gasteiger partial charge in [0.2, 0.25) is 0 Å². The molecule has 0 aliphatic heterocycles. The number of carbonyl (C=O) groups excluding carboxylic acids is 1. The van der Waals surface area contributed by atoms with Crippen molar-refractivity contribution in [1.29, 1.82) is 0 Å². The summed E-state index contributed by atoms with van der Waals surface area (Å²) in [6.07, 6.45) is 0. The van der Waals surface area contributed by atoms with Crippen LogP contribution in [0.3, 0.4) is 0 Å². The standard InChI is InChI=1S/C14H12O6S.Na.H/c1-20-12-8-11(15)10(7-13(12)21(17,18)19)14(16)9-5-3-2-4-6-9;;/h2-8,15H,1H3,(H,17,18,19);;. The number of phenolic OH excluding ortho intramolecular Hbond substituents is 1. The first-order valence-electron chi connectivity index (χ1n) is 5.83. The van der Waals surface area contributed by atoms with E-state index in [-0.39, 0.29) is 46.4 Å². The molecule has 0 aromatic heterocycles. The van der Waals surface area contributed by atoms with Crippen molar-refractivity contribution in [2.75, 3.05) is 7.11 Å². The van der Waals surface area contributed by atoms with Gasteiger partial charge in [-0.3, -0.25) is 9.35 Å². The summed E-state index contributed by atoms with van der Waals surface area (Å²) in [4.78, 5) is 11.7. The summed E-state index contributed by atoms with van der Waals surface area (Å²) in [6, 6.07) is 9.90. The van der Waals surface area contributed by atoms with Crippen LogP contribution in [0.15, 0.2) is 47.4 Å². The number of carbonyl (C=O) groups is 1. The molecule has 0 heterocycles. The van der Waals surface area contributed by atoms with Crippen LogP contribution in [0.25, 0.3) is 0 Å². The second-order valence-electron chi connectivity index (χ2n) is 4.19. The van der Waals surface area contributed by atoms with Gasteiger partial charge < -0.3 is 9.84 Å². The minimum absolute atomic E-state index is 0. The molecular formula is C14H13NaO6S. The van der Waals surface area contributed by atoms with Gasteiger partial charge in [-0.15, -0.1) is 0 Å².